The van der Waals surface area contributed by atoms with E-state index in [0.29, 0.717) is 17.9 Å². The normalized spacial score (nSPS) is 10.7. The summed E-state index contributed by atoms with van der Waals surface area (Å²) in [4.78, 5) is 24.7. The zero-order chi connectivity index (χ0) is 20.0. The highest BCUT2D eigenvalue weighted by Gasteiger charge is 2.19. The van der Waals surface area contributed by atoms with Gasteiger partial charge in [0, 0.05) is 37.2 Å². The number of hydrogen-bond acceptors (Lipinski definition) is 6. The van der Waals surface area contributed by atoms with E-state index in [2.05, 4.69) is 0 Å². The van der Waals surface area contributed by atoms with Crippen molar-refractivity contribution in [2.45, 2.75) is 26.8 Å². The van der Waals surface area contributed by atoms with Crippen LogP contribution < -0.4 is 4.74 Å². The molecule has 0 aliphatic carbocycles. The third-order valence-corrected chi connectivity index (χ3v) is 4.36. The summed E-state index contributed by atoms with van der Waals surface area (Å²) in [5.74, 6) is -0.902. The van der Waals surface area contributed by atoms with Gasteiger partial charge in [-0.2, -0.15) is 0 Å². The van der Waals surface area contributed by atoms with Gasteiger partial charge in [-0.15, -0.1) is 0 Å². The van der Waals surface area contributed by atoms with Crippen LogP contribution in [-0.4, -0.2) is 48.9 Å². The zero-order valence-corrected chi connectivity index (χ0v) is 16.1. The number of methoxy groups -OCH3 is 2. The average Bonchev–Trinajstić information content (AvgIpc) is 2.94. The number of benzene rings is 1. The predicted octanol–water partition coefficient (Wildman–Crippen LogP) is 2.90. The minimum absolute atomic E-state index is 0.0489. The second kappa shape index (κ2) is 9.23. The van der Waals surface area contributed by atoms with Gasteiger partial charge in [-0.1, -0.05) is 0 Å². The van der Waals surface area contributed by atoms with Gasteiger partial charge in [0.05, 0.1) is 7.11 Å². The number of hydrogen-bond donors (Lipinski definition) is 1. The molecule has 0 saturated heterocycles. The molecular weight excluding hydrogens is 350 g/mol. The summed E-state index contributed by atoms with van der Waals surface area (Å²) in [6, 6.07) is 6.02. The highest BCUT2D eigenvalue weighted by molar-refractivity contribution is 6.01. The first-order valence-corrected chi connectivity index (χ1v) is 8.62. The first-order valence-electron chi connectivity index (χ1n) is 8.62. The number of aryl methyl sites for hydroxylation is 1. The van der Waals surface area contributed by atoms with Crippen LogP contribution in [0.15, 0.2) is 24.3 Å². The number of ether oxygens (including phenoxy) is 3. The van der Waals surface area contributed by atoms with Crippen LogP contribution in [0, 0.1) is 13.8 Å². The number of Topliss-reactive ketones (excluding diaryl/α,β-unsaturated/α-hetero) is 1. The Balaban J connectivity index is 2.05. The van der Waals surface area contributed by atoms with E-state index in [-0.39, 0.29) is 17.1 Å². The van der Waals surface area contributed by atoms with Crippen LogP contribution in [0.1, 0.15) is 38.5 Å². The Bertz CT molecular complexity index is 824. The van der Waals surface area contributed by atoms with E-state index in [1.165, 1.54) is 25.3 Å². The van der Waals surface area contributed by atoms with Crippen molar-refractivity contribution in [1.29, 1.82) is 0 Å². The van der Waals surface area contributed by atoms with E-state index in [4.69, 9.17) is 14.2 Å². The second-order valence-electron chi connectivity index (χ2n) is 6.17. The van der Waals surface area contributed by atoms with Gasteiger partial charge in [0.25, 0.3) is 0 Å². The van der Waals surface area contributed by atoms with Crippen LogP contribution in [0.4, 0.5) is 0 Å². The largest absolute Gasteiger partial charge is 0.507 e. The molecule has 0 aliphatic heterocycles. The molecule has 146 valence electrons. The molecule has 0 amide bonds. The summed E-state index contributed by atoms with van der Waals surface area (Å²) >= 11 is 0. The van der Waals surface area contributed by atoms with Crippen LogP contribution in [0.5, 0.6) is 11.5 Å². The molecule has 27 heavy (non-hydrogen) atoms. The maximum Gasteiger partial charge on any atom is 0.342 e. The van der Waals surface area contributed by atoms with E-state index in [0.717, 1.165) is 24.4 Å². The Labute approximate surface area is 158 Å². The highest BCUT2D eigenvalue weighted by atomic mass is 16.5. The van der Waals surface area contributed by atoms with Crippen molar-refractivity contribution < 1.29 is 28.9 Å². The maximum atomic E-state index is 12.5. The van der Waals surface area contributed by atoms with Crippen molar-refractivity contribution in [3.8, 4) is 11.5 Å². The van der Waals surface area contributed by atoms with Crippen molar-refractivity contribution in [2.24, 2.45) is 0 Å². The van der Waals surface area contributed by atoms with Crippen molar-refractivity contribution >= 4 is 11.8 Å². The summed E-state index contributed by atoms with van der Waals surface area (Å²) < 4.78 is 17.2. The van der Waals surface area contributed by atoms with Crippen LogP contribution >= 0.6 is 0 Å². The van der Waals surface area contributed by atoms with E-state index >= 15 is 0 Å². The lowest BCUT2D eigenvalue weighted by Crippen LogP contribution is -2.15. The highest BCUT2D eigenvalue weighted by Crippen LogP contribution is 2.24. The van der Waals surface area contributed by atoms with Gasteiger partial charge in [0.2, 0.25) is 5.78 Å². The molecule has 7 heteroatoms. The molecule has 1 aromatic carbocycles. The number of carbonyl (C=O) groups excluding carboxylic acids is 2. The Morgan fingerprint density at radius 1 is 1.11 bits per heavy atom. The van der Waals surface area contributed by atoms with Crippen molar-refractivity contribution in [3.63, 3.8) is 0 Å². The van der Waals surface area contributed by atoms with Crippen molar-refractivity contribution in [2.75, 3.05) is 27.4 Å². The molecule has 1 aromatic heterocycles. The molecule has 2 rings (SSSR count). The number of carbonyl (C=O) groups is 2. The number of phenols is 1. The number of aromatic hydroxyl groups is 1. The van der Waals surface area contributed by atoms with Crippen LogP contribution in [0.25, 0.3) is 0 Å². The number of phenolic OH excluding ortho intramolecular Hbond substituents is 1. The molecule has 0 unspecified atom stereocenters. The SMILES string of the molecule is COCCCn1c(C)cc(C(=O)COC(=O)c2cc(OC)ccc2O)c1C. The van der Waals surface area contributed by atoms with Gasteiger partial charge in [0.1, 0.15) is 17.1 Å². The molecule has 7 nitrogen and oxygen atoms in total. The summed E-state index contributed by atoms with van der Waals surface area (Å²) in [6.45, 7) is 4.77. The topological polar surface area (TPSA) is 87.0 Å². The lowest BCUT2D eigenvalue weighted by atomic mass is 10.1. The quantitative estimate of drug-likeness (QED) is 0.412. The smallest absolute Gasteiger partial charge is 0.342 e. The van der Waals surface area contributed by atoms with E-state index in [9.17, 15) is 14.7 Å². The lowest BCUT2D eigenvalue weighted by Gasteiger charge is -2.10. The fraction of sp³-hybridized carbons (Fsp3) is 0.400. The standard InChI is InChI=1S/C20H25NO6/c1-13-10-16(14(2)21(13)8-5-9-25-3)19(23)12-27-20(24)17-11-15(26-4)6-7-18(17)22/h6-7,10-11,22H,5,8-9,12H2,1-4H3. The van der Waals surface area contributed by atoms with Gasteiger partial charge in [-0.05, 0) is 44.5 Å². The summed E-state index contributed by atoms with van der Waals surface area (Å²) in [6.07, 6.45) is 0.838. The molecule has 0 aliphatic rings. The average molecular weight is 375 g/mol. The van der Waals surface area contributed by atoms with Crippen LogP contribution in [0.3, 0.4) is 0 Å². The minimum Gasteiger partial charge on any atom is -0.507 e. The molecular formula is C20H25NO6. The number of aromatic nitrogens is 1. The number of ketones is 1. The van der Waals surface area contributed by atoms with Gasteiger partial charge < -0.3 is 23.9 Å². The minimum atomic E-state index is -0.784. The Morgan fingerprint density at radius 3 is 2.52 bits per heavy atom. The molecule has 1 heterocycles. The molecule has 0 fully saturated rings. The summed E-state index contributed by atoms with van der Waals surface area (Å²) in [5.41, 5.74) is 2.26. The van der Waals surface area contributed by atoms with Crippen molar-refractivity contribution in [3.05, 3.63) is 46.8 Å². The van der Waals surface area contributed by atoms with Gasteiger partial charge in [-0.25, -0.2) is 4.79 Å². The number of rotatable bonds is 9. The summed E-state index contributed by atoms with van der Waals surface area (Å²) in [7, 11) is 3.10. The molecule has 0 atom stereocenters. The van der Waals surface area contributed by atoms with Crippen molar-refractivity contribution in [1.82, 2.24) is 4.57 Å². The van der Waals surface area contributed by atoms with Crippen LogP contribution in [0.2, 0.25) is 0 Å². The van der Waals surface area contributed by atoms with E-state index in [1.807, 2.05) is 18.4 Å². The number of esters is 1. The molecule has 0 radical (unpaired) electrons. The molecule has 0 saturated carbocycles. The second-order valence-corrected chi connectivity index (χ2v) is 6.17. The van der Waals surface area contributed by atoms with Gasteiger partial charge in [0.15, 0.2) is 6.61 Å². The Hall–Kier alpha value is -2.80. The first-order chi connectivity index (χ1) is 12.9. The lowest BCUT2D eigenvalue weighted by molar-refractivity contribution is 0.0471. The number of nitrogens with zero attached hydrogens (tertiary/aromatic N) is 1. The predicted molar refractivity (Wildman–Crippen MR) is 99.7 cm³/mol. The molecule has 0 spiro atoms. The van der Waals surface area contributed by atoms with Gasteiger partial charge in [-0.3, -0.25) is 4.79 Å². The Morgan fingerprint density at radius 2 is 1.85 bits per heavy atom. The third kappa shape index (κ3) is 4.89. The maximum absolute atomic E-state index is 12.5. The fourth-order valence-electron chi connectivity index (χ4n) is 2.89. The fourth-order valence-corrected chi connectivity index (χ4v) is 2.89. The molecule has 2 aromatic rings. The monoisotopic (exact) mass is 375 g/mol. The van der Waals surface area contributed by atoms with Crippen LogP contribution in [-0.2, 0) is 16.0 Å². The first kappa shape index (κ1) is 20.5. The van der Waals surface area contributed by atoms with Gasteiger partial charge >= 0.3 is 5.97 Å². The van der Waals surface area contributed by atoms with E-state index in [1.54, 1.807) is 13.2 Å². The zero-order valence-electron chi connectivity index (χ0n) is 16.1. The molecule has 1 N–H and O–H groups in total. The molecule has 0 bridgehead atoms. The summed E-state index contributed by atoms with van der Waals surface area (Å²) in [5, 5.41) is 9.81. The van der Waals surface area contributed by atoms with E-state index < -0.39 is 12.6 Å². The Kier molecular flexibility index (Phi) is 7.01. The third-order valence-electron chi connectivity index (χ3n) is 4.36.